The fraction of sp³-hybridized carbons (Fsp3) is 0.280. The minimum Gasteiger partial charge on any atom is -0.455 e. The Hall–Kier alpha value is -3.83. The quantitative estimate of drug-likeness (QED) is 0.235. The average molecular weight is 513 g/mol. The number of benzene rings is 2. The molecular formula is C25H28N4O6S. The van der Waals surface area contributed by atoms with Crippen LogP contribution < -0.4 is 10.1 Å². The zero-order valence-corrected chi connectivity index (χ0v) is 21.2. The molecule has 1 atom stereocenters. The lowest BCUT2D eigenvalue weighted by Gasteiger charge is -2.19. The molecule has 0 aliphatic carbocycles. The number of hydrogen-bond acceptors (Lipinski definition) is 7. The van der Waals surface area contributed by atoms with Gasteiger partial charge in [-0.2, -0.15) is 9.82 Å². The Morgan fingerprint density at radius 1 is 1.11 bits per heavy atom. The van der Waals surface area contributed by atoms with Crippen molar-refractivity contribution in [1.29, 1.82) is 0 Å². The number of non-ortho nitro benzene ring substituents is 1. The van der Waals surface area contributed by atoms with E-state index in [2.05, 4.69) is 15.2 Å². The molecule has 0 saturated carbocycles. The Bertz CT molecular complexity index is 1380. The second kappa shape index (κ2) is 11.3. The highest BCUT2D eigenvalue weighted by Gasteiger charge is 2.26. The Morgan fingerprint density at radius 2 is 1.81 bits per heavy atom. The van der Waals surface area contributed by atoms with Gasteiger partial charge in [-0.3, -0.25) is 14.9 Å². The topological polar surface area (TPSA) is 144 Å². The van der Waals surface area contributed by atoms with Gasteiger partial charge in [0.25, 0.3) is 11.6 Å². The van der Waals surface area contributed by atoms with Gasteiger partial charge in [-0.25, -0.2) is 13.8 Å². The van der Waals surface area contributed by atoms with Crippen LogP contribution in [0.2, 0.25) is 0 Å². The summed E-state index contributed by atoms with van der Waals surface area (Å²) in [6.45, 7) is 7.36. The van der Waals surface area contributed by atoms with Crippen LogP contribution in [0.5, 0.6) is 0 Å². The Balaban J connectivity index is 1.69. The molecule has 0 bridgehead atoms. The van der Waals surface area contributed by atoms with Gasteiger partial charge in [-0.15, -0.1) is 0 Å². The first-order valence-corrected chi connectivity index (χ1v) is 12.7. The van der Waals surface area contributed by atoms with Crippen molar-refractivity contribution < 1.29 is 22.6 Å². The molecule has 11 heteroatoms. The molecule has 0 radical (unpaired) electrons. The SMILES string of the molecule is Cc1ccc(S(=O)(=O)N[C@H](CC(C)C)C(=O)N/N=C\c2ccc(-c3ccc([N+](=O)[O-])cc3C)o2)cc1. The molecule has 2 aromatic carbocycles. The van der Waals surface area contributed by atoms with Gasteiger partial charge in [-0.1, -0.05) is 31.5 Å². The second-order valence-corrected chi connectivity index (χ2v) is 10.5. The largest absolute Gasteiger partial charge is 0.455 e. The number of furan rings is 1. The normalized spacial score (nSPS) is 12.7. The van der Waals surface area contributed by atoms with Crippen LogP contribution in [0.1, 0.15) is 37.2 Å². The number of amides is 1. The molecule has 1 heterocycles. The van der Waals surface area contributed by atoms with Gasteiger partial charge in [0.05, 0.1) is 16.0 Å². The average Bonchev–Trinajstić information content (AvgIpc) is 3.26. The smallest absolute Gasteiger partial charge is 0.269 e. The van der Waals surface area contributed by atoms with Crippen molar-refractivity contribution in [2.75, 3.05) is 0 Å². The van der Waals surface area contributed by atoms with Crippen LogP contribution in [0.15, 0.2) is 69.0 Å². The third-order valence-electron chi connectivity index (χ3n) is 5.33. The van der Waals surface area contributed by atoms with Crippen LogP contribution in [0.3, 0.4) is 0 Å². The third kappa shape index (κ3) is 6.86. The van der Waals surface area contributed by atoms with Crippen LogP contribution in [-0.4, -0.2) is 31.5 Å². The highest BCUT2D eigenvalue weighted by Crippen LogP contribution is 2.28. The lowest BCUT2D eigenvalue weighted by molar-refractivity contribution is -0.384. The van der Waals surface area contributed by atoms with Gasteiger partial charge in [0.2, 0.25) is 10.0 Å². The highest BCUT2D eigenvalue weighted by molar-refractivity contribution is 7.89. The molecule has 1 amide bonds. The number of nitrogens with one attached hydrogen (secondary N) is 2. The number of nitrogens with zero attached hydrogens (tertiary/aromatic N) is 2. The van der Waals surface area contributed by atoms with Gasteiger partial charge >= 0.3 is 0 Å². The molecule has 1 aromatic heterocycles. The maximum Gasteiger partial charge on any atom is 0.269 e. The summed E-state index contributed by atoms with van der Waals surface area (Å²) in [6, 6.07) is 13.1. The number of nitro groups is 1. The molecule has 0 spiro atoms. The van der Waals surface area contributed by atoms with E-state index in [1.54, 1.807) is 37.3 Å². The van der Waals surface area contributed by atoms with Crippen molar-refractivity contribution in [2.24, 2.45) is 11.0 Å². The van der Waals surface area contributed by atoms with Gasteiger partial charge in [-0.05, 0) is 62.1 Å². The molecule has 0 aliphatic heterocycles. The summed E-state index contributed by atoms with van der Waals surface area (Å²) in [7, 11) is -3.91. The van der Waals surface area contributed by atoms with E-state index in [1.807, 2.05) is 20.8 Å². The molecule has 0 aliphatic rings. The first kappa shape index (κ1) is 26.8. The van der Waals surface area contributed by atoms with Crippen LogP contribution in [0.25, 0.3) is 11.3 Å². The van der Waals surface area contributed by atoms with Gasteiger partial charge in [0.15, 0.2) is 0 Å². The Morgan fingerprint density at radius 3 is 2.42 bits per heavy atom. The molecule has 0 unspecified atom stereocenters. The number of hydrazone groups is 1. The lowest BCUT2D eigenvalue weighted by atomic mass is 10.0. The molecule has 2 N–H and O–H groups in total. The number of carbonyl (C=O) groups is 1. The Labute approximate surface area is 209 Å². The summed E-state index contributed by atoms with van der Waals surface area (Å²) < 4.78 is 33.7. The minimum absolute atomic E-state index is 0.0127. The van der Waals surface area contributed by atoms with Crippen molar-refractivity contribution in [3.05, 3.63) is 81.6 Å². The van der Waals surface area contributed by atoms with Gasteiger partial charge < -0.3 is 4.42 Å². The summed E-state index contributed by atoms with van der Waals surface area (Å²) in [5, 5.41) is 14.8. The van der Waals surface area contributed by atoms with Crippen LogP contribution in [-0.2, 0) is 14.8 Å². The monoisotopic (exact) mass is 512 g/mol. The van der Waals surface area contributed by atoms with E-state index in [0.29, 0.717) is 22.6 Å². The zero-order chi connectivity index (χ0) is 26.5. The minimum atomic E-state index is -3.91. The van der Waals surface area contributed by atoms with E-state index in [1.165, 1.54) is 30.5 Å². The number of rotatable bonds is 10. The number of hydrogen-bond donors (Lipinski definition) is 2. The molecular weight excluding hydrogens is 484 g/mol. The van der Waals surface area contributed by atoms with E-state index in [9.17, 15) is 23.3 Å². The van der Waals surface area contributed by atoms with Crippen molar-refractivity contribution in [3.8, 4) is 11.3 Å². The van der Waals surface area contributed by atoms with Crippen molar-refractivity contribution in [3.63, 3.8) is 0 Å². The summed E-state index contributed by atoms with van der Waals surface area (Å²) in [4.78, 5) is 23.3. The number of sulfonamides is 1. The summed E-state index contributed by atoms with van der Waals surface area (Å²) in [5.74, 6) is 0.263. The third-order valence-corrected chi connectivity index (χ3v) is 6.82. The van der Waals surface area contributed by atoms with E-state index < -0.39 is 26.9 Å². The van der Waals surface area contributed by atoms with Crippen LogP contribution >= 0.6 is 0 Å². The molecule has 10 nitrogen and oxygen atoms in total. The molecule has 3 rings (SSSR count). The van der Waals surface area contributed by atoms with E-state index in [-0.39, 0.29) is 22.9 Å². The van der Waals surface area contributed by atoms with Crippen LogP contribution in [0, 0.1) is 29.9 Å². The summed E-state index contributed by atoms with van der Waals surface area (Å²) in [6.07, 6.45) is 1.57. The summed E-state index contributed by atoms with van der Waals surface area (Å²) in [5.41, 5.74) is 4.64. The van der Waals surface area contributed by atoms with Crippen molar-refractivity contribution in [2.45, 2.75) is 45.1 Å². The first-order chi connectivity index (χ1) is 17.0. The lowest BCUT2D eigenvalue weighted by Crippen LogP contribution is -2.46. The maximum atomic E-state index is 12.8. The molecule has 0 fully saturated rings. The zero-order valence-electron chi connectivity index (χ0n) is 20.4. The first-order valence-electron chi connectivity index (χ1n) is 11.2. The number of carbonyl (C=O) groups excluding carboxylic acids is 1. The van der Waals surface area contributed by atoms with Crippen LogP contribution in [0.4, 0.5) is 5.69 Å². The predicted octanol–water partition coefficient (Wildman–Crippen LogP) is 4.31. The summed E-state index contributed by atoms with van der Waals surface area (Å²) >= 11 is 0. The van der Waals surface area contributed by atoms with E-state index >= 15 is 0 Å². The van der Waals surface area contributed by atoms with Gasteiger partial charge in [0.1, 0.15) is 17.6 Å². The molecule has 3 aromatic rings. The van der Waals surface area contributed by atoms with E-state index in [4.69, 9.17) is 4.42 Å². The second-order valence-electron chi connectivity index (χ2n) is 8.81. The predicted molar refractivity (Wildman–Crippen MR) is 136 cm³/mol. The van der Waals surface area contributed by atoms with Gasteiger partial charge in [0, 0.05) is 17.7 Å². The molecule has 36 heavy (non-hydrogen) atoms. The molecule has 0 saturated heterocycles. The van der Waals surface area contributed by atoms with Crippen molar-refractivity contribution in [1.82, 2.24) is 10.1 Å². The maximum absolute atomic E-state index is 12.8. The standard InChI is InChI=1S/C25H28N4O6S/c1-16(2)13-23(28-36(33,34)21-9-5-17(3)6-10-21)25(30)27-26-15-20-8-12-24(35-20)22-11-7-19(29(31)32)14-18(22)4/h5-12,14-16,23,28H,13H2,1-4H3,(H,27,30)/b26-15-/t23-/m1/s1. The van der Waals surface area contributed by atoms with E-state index in [0.717, 1.165) is 5.56 Å². The fourth-order valence-electron chi connectivity index (χ4n) is 3.50. The number of nitro benzene ring substituents is 1. The highest BCUT2D eigenvalue weighted by atomic mass is 32.2. The van der Waals surface area contributed by atoms with Crippen molar-refractivity contribution >= 4 is 27.8 Å². The molecule has 190 valence electrons. The fourth-order valence-corrected chi connectivity index (χ4v) is 4.70. The Kier molecular flexibility index (Phi) is 8.38. The number of aryl methyl sites for hydroxylation is 2.